The lowest BCUT2D eigenvalue weighted by Crippen LogP contribution is -2.16. The lowest BCUT2D eigenvalue weighted by molar-refractivity contribution is -0.385. The second kappa shape index (κ2) is 7.12. The van der Waals surface area contributed by atoms with Crippen molar-refractivity contribution in [3.8, 4) is 0 Å². The van der Waals surface area contributed by atoms with Gasteiger partial charge < -0.3 is 5.32 Å². The Bertz CT molecular complexity index is 430. The molecule has 19 heavy (non-hydrogen) atoms. The van der Waals surface area contributed by atoms with E-state index in [1.807, 2.05) is 6.07 Å². The summed E-state index contributed by atoms with van der Waals surface area (Å²) in [7, 11) is 0. The highest BCUT2D eigenvalue weighted by atomic mass is 16.6. The zero-order valence-electron chi connectivity index (χ0n) is 12.3. The Morgan fingerprint density at radius 1 is 1.26 bits per heavy atom. The molecule has 0 saturated carbocycles. The minimum Gasteiger partial charge on any atom is -0.382 e. The van der Waals surface area contributed by atoms with Crippen LogP contribution in [0.25, 0.3) is 0 Å². The highest BCUT2D eigenvalue weighted by Crippen LogP contribution is 2.26. The molecule has 1 unspecified atom stereocenters. The van der Waals surface area contributed by atoms with Crippen LogP contribution in [-0.2, 0) is 0 Å². The van der Waals surface area contributed by atoms with E-state index in [4.69, 9.17) is 0 Å². The average Bonchev–Trinajstić information content (AvgIpc) is 2.31. The molecule has 1 rings (SSSR count). The van der Waals surface area contributed by atoms with Gasteiger partial charge in [-0.05, 0) is 32.3 Å². The van der Waals surface area contributed by atoms with Crippen LogP contribution < -0.4 is 5.32 Å². The maximum absolute atomic E-state index is 10.9. The summed E-state index contributed by atoms with van der Waals surface area (Å²) >= 11 is 0. The van der Waals surface area contributed by atoms with Gasteiger partial charge >= 0.3 is 0 Å². The lowest BCUT2D eigenvalue weighted by Gasteiger charge is -2.17. The minimum atomic E-state index is -0.329. The van der Waals surface area contributed by atoms with E-state index in [2.05, 4.69) is 26.1 Å². The fourth-order valence-electron chi connectivity index (χ4n) is 2.15. The number of hydrogen-bond donors (Lipinski definition) is 1. The highest BCUT2D eigenvalue weighted by molar-refractivity contribution is 5.60. The number of hydrogen-bond acceptors (Lipinski definition) is 3. The predicted octanol–water partition coefficient (Wildman–Crippen LogP) is 4.53. The Morgan fingerprint density at radius 2 is 1.95 bits per heavy atom. The van der Waals surface area contributed by atoms with E-state index in [1.165, 1.54) is 12.8 Å². The molecule has 0 aliphatic heterocycles. The molecule has 0 aliphatic rings. The van der Waals surface area contributed by atoms with Crippen molar-refractivity contribution in [2.24, 2.45) is 5.92 Å². The summed E-state index contributed by atoms with van der Waals surface area (Å²) < 4.78 is 0. The zero-order valence-corrected chi connectivity index (χ0v) is 12.3. The summed E-state index contributed by atoms with van der Waals surface area (Å²) in [6.45, 7) is 8.37. The predicted molar refractivity (Wildman–Crippen MR) is 79.6 cm³/mol. The Balaban J connectivity index is 2.61. The fraction of sp³-hybridized carbons (Fsp3) is 0.600. The van der Waals surface area contributed by atoms with Gasteiger partial charge in [0.15, 0.2) is 0 Å². The van der Waals surface area contributed by atoms with E-state index < -0.39 is 0 Å². The summed E-state index contributed by atoms with van der Waals surface area (Å²) in [5.41, 5.74) is 1.76. The van der Waals surface area contributed by atoms with Crippen LogP contribution in [0.1, 0.15) is 45.6 Å². The second-order valence-corrected chi connectivity index (χ2v) is 5.58. The van der Waals surface area contributed by atoms with Crippen LogP contribution >= 0.6 is 0 Å². The van der Waals surface area contributed by atoms with Crippen LogP contribution in [-0.4, -0.2) is 11.0 Å². The van der Waals surface area contributed by atoms with Crippen LogP contribution in [0.15, 0.2) is 18.2 Å². The molecule has 0 saturated heterocycles. The molecule has 0 amide bonds. The first-order chi connectivity index (χ1) is 8.91. The number of nitrogens with one attached hydrogen (secondary N) is 1. The Kier molecular flexibility index (Phi) is 5.80. The molecule has 0 heterocycles. The minimum absolute atomic E-state index is 0.180. The van der Waals surface area contributed by atoms with Crippen LogP contribution in [0.2, 0.25) is 0 Å². The smallest absolute Gasteiger partial charge is 0.274 e. The largest absolute Gasteiger partial charge is 0.382 e. The van der Waals surface area contributed by atoms with Gasteiger partial charge in [0, 0.05) is 23.4 Å². The third kappa shape index (κ3) is 4.89. The van der Waals surface area contributed by atoms with Crippen LogP contribution in [0.3, 0.4) is 0 Å². The van der Waals surface area contributed by atoms with Gasteiger partial charge in [-0.15, -0.1) is 0 Å². The van der Waals surface area contributed by atoms with Gasteiger partial charge in [-0.1, -0.05) is 32.8 Å². The van der Waals surface area contributed by atoms with Gasteiger partial charge in [-0.3, -0.25) is 10.1 Å². The monoisotopic (exact) mass is 264 g/mol. The van der Waals surface area contributed by atoms with Crippen LogP contribution in [0.4, 0.5) is 11.4 Å². The van der Waals surface area contributed by atoms with Gasteiger partial charge in [-0.2, -0.15) is 0 Å². The van der Waals surface area contributed by atoms with E-state index in [1.54, 1.807) is 19.1 Å². The fourth-order valence-corrected chi connectivity index (χ4v) is 2.15. The van der Waals surface area contributed by atoms with Crippen molar-refractivity contribution in [3.05, 3.63) is 33.9 Å². The number of anilines is 1. The van der Waals surface area contributed by atoms with E-state index >= 15 is 0 Å². The number of nitrogens with zero attached hydrogens (tertiary/aromatic N) is 1. The molecule has 0 aliphatic carbocycles. The summed E-state index contributed by atoms with van der Waals surface area (Å²) in [5.74, 6) is 0.728. The van der Waals surface area contributed by atoms with Gasteiger partial charge in [0.1, 0.15) is 0 Å². The van der Waals surface area contributed by atoms with Crippen molar-refractivity contribution in [1.29, 1.82) is 0 Å². The standard InChI is InChI=1S/C15H24N2O2/c1-11(2)7-5-8-12(3)16-14-9-6-10-15(13(14)4)17(18)19/h6,9-12,16H,5,7-8H2,1-4H3. The van der Waals surface area contributed by atoms with Gasteiger partial charge in [0.05, 0.1) is 4.92 Å². The van der Waals surface area contributed by atoms with Crippen molar-refractivity contribution in [1.82, 2.24) is 0 Å². The molecule has 106 valence electrons. The Hall–Kier alpha value is -1.58. The first-order valence-electron chi connectivity index (χ1n) is 6.92. The summed E-state index contributed by atoms with van der Waals surface area (Å²) in [5, 5.41) is 14.3. The van der Waals surface area contributed by atoms with Gasteiger partial charge in [-0.25, -0.2) is 0 Å². The quantitative estimate of drug-likeness (QED) is 0.581. The van der Waals surface area contributed by atoms with E-state index in [9.17, 15) is 10.1 Å². The average molecular weight is 264 g/mol. The molecular weight excluding hydrogens is 240 g/mol. The van der Waals surface area contributed by atoms with E-state index in [0.29, 0.717) is 11.6 Å². The number of nitro benzene ring substituents is 1. The normalized spacial score (nSPS) is 12.5. The highest BCUT2D eigenvalue weighted by Gasteiger charge is 2.14. The van der Waals surface area contributed by atoms with Crippen LogP contribution in [0.5, 0.6) is 0 Å². The maximum Gasteiger partial charge on any atom is 0.274 e. The molecule has 4 heteroatoms. The molecular formula is C15H24N2O2. The topological polar surface area (TPSA) is 55.2 Å². The molecule has 0 bridgehead atoms. The molecule has 0 aromatic heterocycles. The van der Waals surface area contributed by atoms with Crippen molar-refractivity contribution >= 4 is 11.4 Å². The summed E-state index contributed by atoms with van der Waals surface area (Å²) in [4.78, 5) is 10.6. The number of rotatable bonds is 7. The first-order valence-corrected chi connectivity index (χ1v) is 6.92. The molecule has 1 atom stereocenters. The number of nitro groups is 1. The molecule has 1 aromatic carbocycles. The molecule has 0 spiro atoms. The van der Waals surface area contributed by atoms with Crippen molar-refractivity contribution in [2.45, 2.75) is 53.0 Å². The molecule has 4 nitrogen and oxygen atoms in total. The van der Waals surface area contributed by atoms with E-state index in [-0.39, 0.29) is 10.6 Å². The Morgan fingerprint density at radius 3 is 2.53 bits per heavy atom. The first kappa shape index (κ1) is 15.5. The third-order valence-corrected chi connectivity index (χ3v) is 3.32. The summed E-state index contributed by atoms with van der Waals surface area (Å²) in [6, 6.07) is 5.51. The molecule has 0 radical (unpaired) electrons. The van der Waals surface area contributed by atoms with Gasteiger partial charge in [0.2, 0.25) is 0 Å². The van der Waals surface area contributed by atoms with Crippen molar-refractivity contribution < 1.29 is 4.92 Å². The zero-order chi connectivity index (χ0) is 14.4. The van der Waals surface area contributed by atoms with Crippen LogP contribution in [0, 0.1) is 23.0 Å². The van der Waals surface area contributed by atoms with Crippen molar-refractivity contribution in [3.63, 3.8) is 0 Å². The number of benzene rings is 1. The molecule has 1 N–H and O–H groups in total. The third-order valence-electron chi connectivity index (χ3n) is 3.32. The lowest BCUT2D eigenvalue weighted by atomic mass is 10.0. The van der Waals surface area contributed by atoms with E-state index in [0.717, 1.165) is 18.0 Å². The maximum atomic E-state index is 10.9. The molecule has 1 aromatic rings. The molecule has 0 fully saturated rings. The van der Waals surface area contributed by atoms with Gasteiger partial charge in [0.25, 0.3) is 5.69 Å². The SMILES string of the molecule is Cc1c(NC(C)CCCC(C)C)cccc1[N+](=O)[O-]. The Labute approximate surface area is 115 Å². The van der Waals surface area contributed by atoms with Crippen molar-refractivity contribution in [2.75, 3.05) is 5.32 Å². The summed E-state index contributed by atoms with van der Waals surface area (Å²) in [6.07, 6.45) is 3.49. The second-order valence-electron chi connectivity index (χ2n) is 5.58.